The van der Waals surface area contributed by atoms with Gasteiger partial charge in [-0.2, -0.15) is 14.9 Å². The molecule has 0 saturated carbocycles. The minimum atomic E-state index is -0.370. The van der Waals surface area contributed by atoms with Gasteiger partial charge in [0.25, 0.3) is 0 Å². The maximum Gasteiger partial charge on any atom is 0.367 e. The summed E-state index contributed by atoms with van der Waals surface area (Å²) in [4.78, 5) is 13.1. The first kappa shape index (κ1) is 21.0. The van der Waals surface area contributed by atoms with Crippen molar-refractivity contribution in [3.8, 4) is 28.3 Å². The lowest BCUT2D eigenvalue weighted by atomic mass is 9.97. The largest absolute Gasteiger partial charge is 0.367 e. The molecule has 0 spiro atoms. The summed E-state index contributed by atoms with van der Waals surface area (Å²) in [6, 6.07) is 24.0. The van der Waals surface area contributed by atoms with Gasteiger partial charge >= 0.3 is 5.69 Å². The van der Waals surface area contributed by atoms with Gasteiger partial charge in [0.2, 0.25) is 0 Å². The topological polar surface area (TPSA) is 76.0 Å². The van der Waals surface area contributed by atoms with E-state index in [2.05, 4.69) is 16.3 Å². The highest BCUT2D eigenvalue weighted by Gasteiger charge is 2.19. The maximum atomic E-state index is 13.1. The maximum absolute atomic E-state index is 13.1. The highest BCUT2D eigenvalue weighted by molar-refractivity contribution is 6.31. The van der Waals surface area contributed by atoms with Gasteiger partial charge in [-0.05, 0) is 53.1 Å². The van der Waals surface area contributed by atoms with E-state index >= 15 is 0 Å². The molecule has 5 aromatic rings. The number of aromatic nitrogens is 4. The lowest BCUT2D eigenvalue weighted by molar-refractivity contribution is 0.650. The Morgan fingerprint density at radius 3 is 2.24 bits per heavy atom. The molecule has 33 heavy (non-hydrogen) atoms. The third-order valence-corrected chi connectivity index (χ3v) is 5.79. The van der Waals surface area contributed by atoms with Crippen LogP contribution in [0.2, 0.25) is 10.0 Å². The lowest BCUT2D eigenvalue weighted by Crippen LogP contribution is -2.23. The SMILES string of the molecule is N#Cc1cccc(Cn2nc3c(-c4ccc(Cl)cc4)c(-c4ccc(Cl)cc4)cnn3c2=O)c1. The van der Waals surface area contributed by atoms with E-state index in [1.54, 1.807) is 48.7 Å². The molecule has 0 radical (unpaired) electrons. The van der Waals surface area contributed by atoms with Crippen LogP contribution in [-0.2, 0) is 6.54 Å². The van der Waals surface area contributed by atoms with Crippen molar-refractivity contribution in [2.24, 2.45) is 0 Å². The standard InChI is InChI=1S/C25H15Cl2N5O/c26-20-8-4-18(5-9-20)22-14-29-32-24(23(22)19-6-10-21(27)11-7-19)30-31(25(32)33)15-17-3-1-2-16(12-17)13-28/h1-12,14H,15H2. The van der Waals surface area contributed by atoms with Gasteiger partial charge in [0.1, 0.15) is 0 Å². The predicted octanol–water partition coefficient (Wildman–Crippen LogP) is 5.45. The molecular formula is C25H15Cl2N5O. The molecule has 0 fully saturated rings. The molecule has 6 nitrogen and oxygen atoms in total. The van der Waals surface area contributed by atoms with E-state index in [1.807, 2.05) is 30.3 Å². The summed E-state index contributed by atoms with van der Waals surface area (Å²) in [5.41, 5.74) is 4.68. The van der Waals surface area contributed by atoms with E-state index in [0.717, 1.165) is 27.8 Å². The summed E-state index contributed by atoms with van der Waals surface area (Å²) in [5.74, 6) is 0. The van der Waals surface area contributed by atoms with Crippen molar-refractivity contribution in [3.63, 3.8) is 0 Å². The number of nitrogens with zero attached hydrogens (tertiary/aromatic N) is 5. The third-order valence-electron chi connectivity index (χ3n) is 5.29. The summed E-state index contributed by atoms with van der Waals surface area (Å²) >= 11 is 12.2. The normalized spacial score (nSPS) is 10.9. The van der Waals surface area contributed by atoms with Gasteiger partial charge in [-0.3, -0.25) is 0 Å². The molecule has 2 aromatic heterocycles. The highest BCUT2D eigenvalue weighted by atomic mass is 35.5. The van der Waals surface area contributed by atoms with Crippen molar-refractivity contribution in [1.29, 1.82) is 5.26 Å². The zero-order valence-corrected chi connectivity index (χ0v) is 18.6. The second-order valence-corrected chi connectivity index (χ2v) is 8.31. The molecule has 0 aliphatic rings. The minimum absolute atomic E-state index is 0.216. The Morgan fingerprint density at radius 1 is 0.909 bits per heavy atom. The third kappa shape index (κ3) is 4.00. The highest BCUT2D eigenvalue weighted by Crippen LogP contribution is 2.35. The number of hydrogen-bond acceptors (Lipinski definition) is 4. The van der Waals surface area contributed by atoms with Gasteiger partial charge in [-0.15, -0.1) is 5.10 Å². The molecule has 160 valence electrons. The average molecular weight is 472 g/mol. The molecule has 2 heterocycles. The van der Waals surface area contributed by atoms with Gasteiger partial charge in [-0.25, -0.2) is 9.48 Å². The van der Waals surface area contributed by atoms with E-state index < -0.39 is 0 Å². The fourth-order valence-electron chi connectivity index (χ4n) is 3.72. The van der Waals surface area contributed by atoms with Gasteiger partial charge in [-0.1, -0.05) is 59.6 Å². The molecule has 0 bridgehead atoms. The van der Waals surface area contributed by atoms with Crippen molar-refractivity contribution >= 4 is 28.8 Å². The summed E-state index contributed by atoms with van der Waals surface area (Å²) in [6.07, 6.45) is 1.66. The summed E-state index contributed by atoms with van der Waals surface area (Å²) in [5, 5.41) is 19.4. The van der Waals surface area contributed by atoms with E-state index in [1.165, 1.54) is 9.20 Å². The molecule has 3 aromatic carbocycles. The van der Waals surface area contributed by atoms with Crippen LogP contribution in [0, 0.1) is 11.3 Å². The van der Waals surface area contributed by atoms with E-state index in [9.17, 15) is 4.79 Å². The number of halogens is 2. The number of hydrogen-bond donors (Lipinski definition) is 0. The zero-order chi connectivity index (χ0) is 22.9. The molecule has 0 amide bonds. The van der Waals surface area contributed by atoms with Gasteiger partial charge in [0, 0.05) is 21.2 Å². The van der Waals surface area contributed by atoms with Crippen molar-refractivity contribution in [1.82, 2.24) is 19.4 Å². The van der Waals surface area contributed by atoms with E-state index in [0.29, 0.717) is 21.3 Å². The Kier molecular flexibility index (Phi) is 5.43. The monoisotopic (exact) mass is 471 g/mol. The first-order chi connectivity index (χ1) is 16.0. The molecule has 0 saturated heterocycles. The van der Waals surface area contributed by atoms with Crippen molar-refractivity contribution in [2.75, 3.05) is 0 Å². The second kappa shape index (κ2) is 8.55. The molecule has 0 unspecified atom stereocenters. The van der Waals surface area contributed by atoms with Crippen molar-refractivity contribution in [2.45, 2.75) is 6.54 Å². The molecule has 0 aliphatic heterocycles. The minimum Gasteiger partial charge on any atom is -0.244 e. The van der Waals surface area contributed by atoms with Crippen LogP contribution in [0.15, 0.2) is 83.8 Å². The van der Waals surface area contributed by atoms with Crippen LogP contribution in [0.1, 0.15) is 11.1 Å². The first-order valence-corrected chi connectivity index (χ1v) is 10.8. The number of rotatable bonds is 4. The number of nitriles is 1. The first-order valence-electron chi connectivity index (χ1n) is 10.0. The molecule has 0 atom stereocenters. The Bertz CT molecular complexity index is 1580. The second-order valence-electron chi connectivity index (χ2n) is 7.43. The molecular weight excluding hydrogens is 457 g/mol. The lowest BCUT2D eigenvalue weighted by Gasteiger charge is -2.11. The molecule has 0 N–H and O–H groups in total. The Hall–Kier alpha value is -3.92. The summed E-state index contributed by atoms with van der Waals surface area (Å²) in [7, 11) is 0. The van der Waals surface area contributed by atoms with Crippen molar-refractivity contribution < 1.29 is 0 Å². The van der Waals surface area contributed by atoms with Crippen LogP contribution in [0.25, 0.3) is 27.9 Å². The van der Waals surface area contributed by atoms with Gasteiger partial charge in [0.05, 0.1) is 24.4 Å². The van der Waals surface area contributed by atoms with E-state index in [4.69, 9.17) is 28.5 Å². The zero-order valence-electron chi connectivity index (χ0n) is 17.1. The summed E-state index contributed by atoms with van der Waals surface area (Å²) < 4.78 is 2.64. The molecule has 8 heteroatoms. The Labute approximate surface area is 198 Å². The quantitative estimate of drug-likeness (QED) is 0.349. The smallest absolute Gasteiger partial charge is 0.244 e. The van der Waals surface area contributed by atoms with Crippen LogP contribution >= 0.6 is 23.2 Å². The Balaban J connectivity index is 1.73. The fourth-order valence-corrected chi connectivity index (χ4v) is 3.98. The van der Waals surface area contributed by atoms with Gasteiger partial charge in [0.15, 0.2) is 5.65 Å². The summed E-state index contributed by atoms with van der Waals surface area (Å²) in [6.45, 7) is 0.216. The molecule has 0 aliphatic carbocycles. The van der Waals surface area contributed by atoms with Crippen LogP contribution in [0.5, 0.6) is 0 Å². The van der Waals surface area contributed by atoms with Crippen LogP contribution in [0.4, 0.5) is 0 Å². The van der Waals surface area contributed by atoms with Gasteiger partial charge < -0.3 is 0 Å². The fraction of sp³-hybridized carbons (Fsp3) is 0.0400. The number of benzene rings is 3. The Morgan fingerprint density at radius 2 is 1.58 bits per heavy atom. The average Bonchev–Trinajstić information content (AvgIpc) is 3.15. The van der Waals surface area contributed by atoms with Crippen molar-refractivity contribution in [3.05, 3.63) is 111 Å². The predicted molar refractivity (Wildman–Crippen MR) is 128 cm³/mol. The van der Waals surface area contributed by atoms with Crippen LogP contribution < -0.4 is 5.69 Å². The van der Waals surface area contributed by atoms with E-state index in [-0.39, 0.29) is 12.2 Å². The van der Waals surface area contributed by atoms with Crippen LogP contribution in [0.3, 0.4) is 0 Å². The van der Waals surface area contributed by atoms with Crippen LogP contribution in [-0.4, -0.2) is 19.4 Å². The molecule has 5 rings (SSSR count). The number of fused-ring (bicyclic) bond motifs is 1.